The van der Waals surface area contributed by atoms with Gasteiger partial charge in [0.15, 0.2) is 0 Å². The van der Waals surface area contributed by atoms with Crippen molar-refractivity contribution < 1.29 is 0 Å². The zero-order valence-electron chi connectivity index (χ0n) is 11.7. The quantitative estimate of drug-likeness (QED) is 0.815. The molecule has 2 aliphatic carbocycles. The van der Waals surface area contributed by atoms with Crippen LogP contribution in [-0.2, 0) is 0 Å². The molecule has 2 heteroatoms. The van der Waals surface area contributed by atoms with Gasteiger partial charge in [0.25, 0.3) is 0 Å². The first-order valence-electron chi connectivity index (χ1n) is 7.51. The first-order valence-corrected chi connectivity index (χ1v) is 8.80. The molecule has 1 nitrogen and oxygen atoms in total. The van der Waals surface area contributed by atoms with Gasteiger partial charge in [-0.15, -0.1) is 0 Å². The number of hydrogen-bond donors (Lipinski definition) is 1. The monoisotopic (exact) mass is 255 g/mol. The van der Waals surface area contributed by atoms with Crippen molar-refractivity contribution in [2.45, 2.75) is 76.1 Å². The third-order valence-electron chi connectivity index (χ3n) is 4.96. The summed E-state index contributed by atoms with van der Waals surface area (Å²) in [6.45, 7) is 4.90. The molecule has 1 N–H and O–H groups in total. The van der Waals surface area contributed by atoms with E-state index in [1.807, 2.05) is 0 Å². The molecule has 100 valence electrons. The molecule has 0 aromatic carbocycles. The fourth-order valence-electron chi connectivity index (χ4n) is 3.83. The van der Waals surface area contributed by atoms with Crippen molar-refractivity contribution in [1.29, 1.82) is 0 Å². The Kier molecular flexibility index (Phi) is 5.23. The Morgan fingerprint density at radius 1 is 0.882 bits per heavy atom. The molecule has 0 radical (unpaired) electrons. The van der Waals surface area contributed by atoms with Gasteiger partial charge in [-0.2, -0.15) is 11.8 Å². The molecule has 0 saturated heterocycles. The summed E-state index contributed by atoms with van der Waals surface area (Å²) >= 11 is 2.08. The average Bonchev–Trinajstić information content (AvgIpc) is 2.34. The predicted molar refractivity (Wildman–Crippen MR) is 78.7 cm³/mol. The molecule has 0 heterocycles. The smallest absolute Gasteiger partial charge is 0.0198 e. The maximum atomic E-state index is 4.04. The highest BCUT2D eigenvalue weighted by molar-refractivity contribution is 7.99. The van der Waals surface area contributed by atoms with Crippen LogP contribution in [0.4, 0.5) is 0 Å². The highest BCUT2D eigenvalue weighted by atomic mass is 32.2. The third kappa shape index (κ3) is 3.41. The van der Waals surface area contributed by atoms with E-state index in [2.05, 4.69) is 37.2 Å². The maximum absolute atomic E-state index is 4.04. The van der Waals surface area contributed by atoms with Gasteiger partial charge in [0, 0.05) is 17.3 Å². The molecule has 2 aliphatic rings. The number of rotatable bonds is 3. The minimum Gasteiger partial charge on any atom is -0.310 e. The number of hydrogen-bond acceptors (Lipinski definition) is 2. The van der Waals surface area contributed by atoms with Gasteiger partial charge in [-0.25, -0.2) is 0 Å². The Hall–Kier alpha value is 0.310. The molecule has 2 saturated carbocycles. The van der Waals surface area contributed by atoms with E-state index in [0.29, 0.717) is 0 Å². The largest absolute Gasteiger partial charge is 0.310 e. The fraction of sp³-hybridized carbons (Fsp3) is 1.00. The molecule has 0 spiro atoms. The van der Waals surface area contributed by atoms with Crippen LogP contribution in [0.3, 0.4) is 0 Å². The molecule has 2 fully saturated rings. The second-order valence-corrected chi connectivity index (χ2v) is 7.32. The standard InChI is InChI=1S/C15H29NS/c1-11-7-6-8-12(2)15(11)16-13-9-4-5-10-14(13)17-3/h11-16H,4-10H2,1-3H3. The second-order valence-electron chi connectivity index (χ2n) is 6.24. The van der Waals surface area contributed by atoms with Gasteiger partial charge in [0.2, 0.25) is 0 Å². The summed E-state index contributed by atoms with van der Waals surface area (Å²) < 4.78 is 0. The molecule has 0 amide bonds. The van der Waals surface area contributed by atoms with E-state index in [1.165, 1.54) is 44.9 Å². The van der Waals surface area contributed by atoms with Gasteiger partial charge >= 0.3 is 0 Å². The Bertz CT molecular complexity index is 221. The van der Waals surface area contributed by atoms with Crippen LogP contribution in [0.1, 0.15) is 58.8 Å². The summed E-state index contributed by atoms with van der Waals surface area (Å²) in [4.78, 5) is 0. The molecule has 17 heavy (non-hydrogen) atoms. The summed E-state index contributed by atoms with van der Waals surface area (Å²) in [6.07, 6.45) is 12.3. The van der Waals surface area contributed by atoms with Crippen LogP contribution < -0.4 is 5.32 Å². The predicted octanol–water partition coefficient (Wildman–Crippen LogP) is 4.07. The Balaban J connectivity index is 1.93. The summed E-state index contributed by atoms with van der Waals surface area (Å²) in [5, 5.41) is 4.90. The van der Waals surface area contributed by atoms with Crippen LogP contribution in [0.25, 0.3) is 0 Å². The third-order valence-corrected chi connectivity index (χ3v) is 6.13. The lowest BCUT2D eigenvalue weighted by Gasteiger charge is -2.41. The van der Waals surface area contributed by atoms with Crippen LogP contribution in [0.15, 0.2) is 0 Å². The van der Waals surface area contributed by atoms with Gasteiger partial charge in [-0.3, -0.25) is 0 Å². The lowest BCUT2D eigenvalue weighted by Crippen LogP contribution is -2.51. The number of thioether (sulfide) groups is 1. The Morgan fingerprint density at radius 3 is 2.18 bits per heavy atom. The Morgan fingerprint density at radius 2 is 1.53 bits per heavy atom. The molecule has 0 aromatic rings. The molecule has 2 rings (SSSR count). The topological polar surface area (TPSA) is 12.0 Å². The van der Waals surface area contributed by atoms with Crippen molar-refractivity contribution in [3.63, 3.8) is 0 Å². The van der Waals surface area contributed by atoms with E-state index in [9.17, 15) is 0 Å². The minimum atomic E-state index is 0.779. The molecule has 4 atom stereocenters. The first kappa shape index (κ1) is 13.7. The van der Waals surface area contributed by atoms with Crippen molar-refractivity contribution in [2.75, 3.05) is 6.26 Å². The van der Waals surface area contributed by atoms with E-state index in [4.69, 9.17) is 0 Å². The van der Waals surface area contributed by atoms with Crippen LogP contribution in [-0.4, -0.2) is 23.6 Å². The van der Waals surface area contributed by atoms with Gasteiger partial charge < -0.3 is 5.32 Å². The maximum Gasteiger partial charge on any atom is 0.0198 e. The summed E-state index contributed by atoms with van der Waals surface area (Å²) in [5.41, 5.74) is 0. The minimum absolute atomic E-state index is 0.779. The van der Waals surface area contributed by atoms with Crippen molar-refractivity contribution in [3.05, 3.63) is 0 Å². The van der Waals surface area contributed by atoms with Gasteiger partial charge in [0.1, 0.15) is 0 Å². The van der Waals surface area contributed by atoms with Gasteiger partial charge in [0.05, 0.1) is 0 Å². The SMILES string of the molecule is CSC1CCCCC1NC1C(C)CCCC1C. The molecule has 0 aliphatic heterocycles. The Labute approximate surface area is 112 Å². The lowest BCUT2D eigenvalue weighted by atomic mass is 9.78. The zero-order chi connectivity index (χ0) is 12.3. The lowest BCUT2D eigenvalue weighted by molar-refractivity contribution is 0.181. The van der Waals surface area contributed by atoms with Gasteiger partial charge in [-0.05, 0) is 43.8 Å². The van der Waals surface area contributed by atoms with E-state index < -0.39 is 0 Å². The molecule has 0 aromatic heterocycles. The van der Waals surface area contributed by atoms with Crippen molar-refractivity contribution >= 4 is 11.8 Å². The van der Waals surface area contributed by atoms with E-state index in [-0.39, 0.29) is 0 Å². The summed E-state index contributed by atoms with van der Waals surface area (Å²) in [7, 11) is 0. The van der Waals surface area contributed by atoms with Crippen LogP contribution in [0.5, 0.6) is 0 Å². The normalized spacial score (nSPS) is 43.6. The van der Waals surface area contributed by atoms with Crippen molar-refractivity contribution in [3.8, 4) is 0 Å². The van der Waals surface area contributed by atoms with Crippen LogP contribution in [0, 0.1) is 11.8 Å². The second kappa shape index (κ2) is 6.47. The summed E-state index contributed by atoms with van der Waals surface area (Å²) in [6, 6.07) is 1.56. The van der Waals surface area contributed by atoms with Crippen LogP contribution >= 0.6 is 11.8 Å². The molecular formula is C15H29NS. The van der Waals surface area contributed by atoms with Crippen LogP contribution in [0.2, 0.25) is 0 Å². The molecular weight excluding hydrogens is 226 g/mol. The number of nitrogens with one attached hydrogen (secondary N) is 1. The highest BCUT2D eigenvalue weighted by Gasteiger charge is 2.32. The van der Waals surface area contributed by atoms with E-state index in [0.717, 1.165) is 29.2 Å². The summed E-state index contributed by atoms with van der Waals surface area (Å²) in [5.74, 6) is 1.76. The van der Waals surface area contributed by atoms with E-state index in [1.54, 1.807) is 0 Å². The van der Waals surface area contributed by atoms with E-state index >= 15 is 0 Å². The van der Waals surface area contributed by atoms with Crippen molar-refractivity contribution in [2.24, 2.45) is 11.8 Å². The van der Waals surface area contributed by atoms with Crippen molar-refractivity contribution in [1.82, 2.24) is 5.32 Å². The highest BCUT2D eigenvalue weighted by Crippen LogP contribution is 2.33. The first-order chi connectivity index (χ1) is 8.22. The fourth-order valence-corrected chi connectivity index (χ4v) is 4.77. The average molecular weight is 255 g/mol. The zero-order valence-corrected chi connectivity index (χ0v) is 12.6. The molecule has 0 bridgehead atoms. The molecule has 4 unspecified atom stereocenters. The van der Waals surface area contributed by atoms with Gasteiger partial charge in [-0.1, -0.05) is 33.1 Å².